The summed E-state index contributed by atoms with van der Waals surface area (Å²) in [5.41, 5.74) is 2.45. The molecule has 0 unspecified atom stereocenters. The zero-order chi connectivity index (χ0) is 20.8. The van der Waals surface area contributed by atoms with Crippen LogP contribution in [-0.4, -0.2) is 4.98 Å². The van der Waals surface area contributed by atoms with Crippen molar-refractivity contribution in [3.05, 3.63) is 97.1 Å². The molecule has 8 rings (SSSR count). The van der Waals surface area contributed by atoms with Crippen LogP contribution < -0.4 is 0 Å². The van der Waals surface area contributed by atoms with Gasteiger partial charge in [-0.25, -0.2) is 0 Å². The van der Waals surface area contributed by atoms with E-state index in [1.165, 1.54) is 74.3 Å². The van der Waals surface area contributed by atoms with Crippen molar-refractivity contribution < 1.29 is 0 Å². The zero-order valence-corrected chi connectivity index (χ0v) is 18.0. The second-order valence-electron chi connectivity index (χ2n) is 8.57. The fraction of sp³-hybridized carbons (Fsp3) is 0. The summed E-state index contributed by atoms with van der Waals surface area (Å²) in [4.78, 5) is 3.74. The molecule has 6 aromatic carbocycles. The van der Waals surface area contributed by atoms with Gasteiger partial charge in [0.1, 0.15) is 0 Å². The fourth-order valence-corrected chi connectivity index (χ4v) is 7.10. The van der Waals surface area contributed by atoms with Crippen LogP contribution in [0.4, 0.5) is 0 Å². The molecule has 0 saturated heterocycles. The van der Waals surface area contributed by atoms with Crippen LogP contribution in [-0.2, 0) is 0 Å². The van der Waals surface area contributed by atoms with Crippen LogP contribution in [0, 0.1) is 0 Å². The number of aromatic amines is 1. The van der Waals surface area contributed by atoms with Crippen molar-refractivity contribution in [2.45, 2.75) is 0 Å². The van der Waals surface area contributed by atoms with E-state index in [9.17, 15) is 0 Å². The van der Waals surface area contributed by atoms with Crippen molar-refractivity contribution >= 4 is 85.6 Å². The molecule has 0 fully saturated rings. The standard InChI is InChI=1S/C30H17NS/c1-3-11-19-17(9-1)18-10-2-6-14-22(18)29-25(19)26-20-12-4-5-13-21(20)28-27(30(26)32-29)23-15-7-8-16-24(23)31-28/h1-16,31H. The summed E-state index contributed by atoms with van der Waals surface area (Å²) < 4.78 is 2.77. The van der Waals surface area contributed by atoms with Gasteiger partial charge in [-0.05, 0) is 27.6 Å². The van der Waals surface area contributed by atoms with E-state index in [0.29, 0.717) is 0 Å². The first kappa shape index (κ1) is 16.8. The maximum absolute atomic E-state index is 3.74. The average Bonchev–Trinajstić information content (AvgIpc) is 3.44. The molecular formula is C30H17NS. The minimum atomic E-state index is 1.20. The topological polar surface area (TPSA) is 15.8 Å². The summed E-state index contributed by atoms with van der Waals surface area (Å²) in [6.07, 6.45) is 0. The van der Waals surface area contributed by atoms with E-state index in [2.05, 4.69) is 102 Å². The number of H-pyrrole nitrogens is 1. The third-order valence-electron chi connectivity index (χ3n) is 6.97. The highest BCUT2D eigenvalue weighted by Gasteiger charge is 2.20. The molecule has 2 heteroatoms. The maximum atomic E-state index is 3.74. The van der Waals surface area contributed by atoms with E-state index in [0.717, 1.165) is 0 Å². The highest BCUT2D eigenvalue weighted by molar-refractivity contribution is 7.28. The first-order valence-electron chi connectivity index (χ1n) is 11.0. The van der Waals surface area contributed by atoms with Crippen molar-refractivity contribution in [1.82, 2.24) is 4.98 Å². The molecule has 8 aromatic rings. The molecule has 0 atom stereocenters. The molecule has 2 aromatic heterocycles. The summed E-state index contributed by atoms with van der Waals surface area (Å²) in [6, 6.07) is 35.3. The molecule has 0 spiro atoms. The quantitative estimate of drug-likeness (QED) is 0.234. The summed E-state index contributed by atoms with van der Waals surface area (Å²) in [7, 11) is 0. The number of para-hydroxylation sites is 1. The lowest BCUT2D eigenvalue weighted by molar-refractivity contribution is 1.57. The molecule has 1 nitrogen and oxygen atoms in total. The van der Waals surface area contributed by atoms with E-state index < -0.39 is 0 Å². The Morgan fingerprint density at radius 2 is 0.906 bits per heavy atom. The smallest absolute Gasteiger partial charge is 0.0559 e. The van der Waals surface area contributed by atoms with Crippen LogP contribution >= 0.6 is 11.3 Å². The Bertz CT molecular complexity index is 2040. The van der Waals surface area contributed by atoms with Crippen LogP contribution in [0.1, 0.15) is 0 Å². The molecule has 0 amide bonds. The van der Waals surface area contributed by atoms with E-state index >= 15 is 0 Å². The third kappa shape index (κ3) is 1.94. The van der Waals surface area contributed by atoms with Crippen molar-refractivity contribution in [1.29, 1.82) is 0 Å². The van der Waals surface area contributed by atoms with Crippen molar-refractivity contribution in [2.24, 2.45) is 0 Å². The van der Waals surface area contributed by atoms with Gasteiger partial charge >= 0.3 is 0 Å². The highest BCUT2D eigenvalue weighted by atomic mass is 32.1. The minimum absolute atomic E-state index is 1.20. The predicted molar refractivity (Wildman–Crippen MR) is 141 cm³/mol. The van der Waals surface area contributed by atoms with Gasteiger partial charge in [0.05, 0.1) is 5.52 Å². The summed E-state index contributed by atoms with van der Waals surface area (Å²) in [5.74, 6) is 0. The number of hydrogen-bond acceptors (Lipinski definition) is 1. The van der Waals surface area contributed by atoms with Crippen LogP contribution in [0.2, 0.25) is 0 Å². The monoisotopic (exact) mass is 423 g/mol. The number of rotatable bonds is 0. The summed E-state index contributed by atoms with van der Waals surface area (Å²) in [5, 5.41) is 13.4. The van der Waals surface area contributed by atoms with Gasteiger partial charge in [-0.1, -0.05) is 91.0 Å². The first-order chi connectivity index (χ1) is 15.9. The average molecular weight is 424 g/mol. The molecule has 1 N–H and O–H groups in total. The second kappa shape index (κ2) is 5.87. The lowest BCUT2D eigenvalue weighted by Gasteiger charge is -2.08. The van der Waals surface area contributed by atoms with Gasteiger partial charge in [0, 0.05) is 47.2 Å². The lowest BCUT2D eigenvalue weighted by atomic mass is 9.94. The second-order valence-corrected chi connectivity index (χ2v) is 9.59. The summed E-state index contributed by atoms with van der Waals surface area (Å²) >= 11 is 1.95. The molecule has 0 aliphatic heterocycles. The van der Waals surface area contributed by atoms with Crippen LogP contribution in [0.5, 0.6) is 0 Å². The van der Waals surface area contributed by atoms with Gasteiger partial charge in [0.2, 0.25) is 0 Å². The number of aromatic nitrogens is 1. The van der Waals surface area contributed by atoms with Crippen LogP contribution in [0.15, 0.2) is 97.1 Å². The molecule has 0 aliphatic carbocycles. The van der Waals surface area contributed by atoms with Gasteiger partial charge in [-0.15, -0.1) is 11.3 Å². The lowest BCUT2D eigenvalue weighted by Crippen LogP contribution is -1.81. The van der Waals surface area contributed by atoms with Gasteiger partial charge < -0.3 is 4.98 Å². The Labute approximate surface area is 187 Å². The van der Waals surface area contributed by atoms with E-state index in [4.69, 9.17) is 0 Å². The Morgan fingerprint density at radius 1 is 0.406 bits per heavy atom. The molecule has 32 heavy (non-hydrogen) atoms. The minimum Gasteiger partial charge on any atom is -0.354 e. The molecule has 0 aliphatic rings. The Balaban J connectivity index is 1.82. The Kier molecular flexibility index (Phi) is 3.08. The number of hydrogen-bond donors (Lipinski definition) is 1. The van der Waals surface area contributed by atoms with Gasteiger partial charge in [-0.3, -0.25) is 0 Å². The summed E-state index contributed by atoms with van der Waals surface area (Å²) in [6.45, 7) is 0. The van der Waals surface area contributed by atoms with Crippen molar-refractivity contribution in [2.75, 3.05) is 0 Å². The number of benzene rings is 6. The maximum Gasteiger partial charge on any atom is 0.0559 e. The molecule has 0 bridgehead atoms. The van der Waals surface area contributed by atoms with Gasteiger partial charge in [-0.2, -0.15) is 0 Å². The first-order valence-corrected chi connectivity index (χ1v) is 11.8. The number of thiophene rings is 1. The molecule has 148 valence electrons. The normalized spacial score (nSPS) is 12.4. The van der Waals surface area contributed by atoms with Crippen molar-refractivity contribution in [3.8, 4) is 0 Å². The third-order valence-corrected chi connectivity index (χ3v) is 8.21. The molecule has 0 radical (unpaired) electrons. The molecule has 2 heterocycles. The molecule has 0 saturated carbocycles. The fourth-order valence-electron chi connectivity index (χ4n) is 5.66. The number of nitrogens with one attached hydrogen (secondary N) is 1. The van der Waals surface area contributed by atoms with Crippen molar-refractivity contribution in [3.63, 3.8) is 0 Å². The Morgan fingerprint density at radius 3 is 1.66 bits per heavy atom. The highest BCUT2D eigenvalue weighted by Crippen LogP contribution is 2.50. The molecular weight excluding hydrogens is 406 g/mol. The van der Waals surface area contributed by atoms with E-state index in [1.807, 2.05) is 11.3 Å². The Hall–Kier alpha value is -3.88. The van der Waals surface area contributed by atoms with Crippen LogP contribution in [0.3, 0.4) is 0 Å². The van der Waals surface area contributed by atoms with Crippen LogP contribution in [0.25, 0.3) is 74.3 Å². The largest absolute Gasteiger partial charge is 0.354 e. The van der Waals surface area contributed by atoms with Gasteiger partial charge in [0.15, 0.2) is 0 Å². The SMILES string of the molecule is c1ccc2c(c1)[nH]c1c3ccccc3c3c(sc4c5ccccc5c5ccccc5c43)c21. The zero-order valence-electron chi connectivity index (χ0n) is 17.1. The number of fused-ring (bicyclic) bond motifs is 15. The van der Waals surface area contributed by atoms with Gasteiger partial charge in [0.25, 0.3) is 0 Å². The van der Waals surface area contributed by atoms with E-state index in [1.54, 1.807) is 0 Å². The van der Waals surface area contributed by atoms with E-state index in [-0.39, 0.29) is 0 Å². The predicted octanol–water partition coefficient (Wildman–Crippen LogP) is 9.15.